The van der Waals surface area contributed by atoms with Crippen LogP contribution in [0.1, 0.15) is 24.8 Å². The Kier molecular flexibility index (Phi) is 3.78. The molecule has 1 fully saturated rings. The molecular weight excluding hydrogens is 254 g/mol. The van der Waals surface area contributed by atoms with Crippen molar-refractivity contribution in [3.63, 3.8) is 0 Å². The Hall–Kier alpha value is -0.380. The van der Waals surface area contributed by atoms with E-state index in [9.17, 15) is 0 Å². The smallest absolute Gasteiger partial charge is 0.0730 e. The zero-order valence-corrected chi connectivity index (χ0v) is 10.2. The maximum atomic E-state index is 5.93. The predicted octanol–water partition coefficient (Wildman–Crippen LogP) is 2.85. The third-order valence-electron chi connectivity index (χ3n) is 2.88. The number of halogens is 1. The van der Waals surface area contributed by atoms with Gasteiger partial charge in [0.15, 0.2) is 0 Å². The molecule has 1 aromatic rings. The van der Waals surface area contributed by atoms with E-state index in [2.05, 4.69) is 28.1 Å². The molecule has 0 unspecified atom stereocenters. The summed E-state index contributed by atoms with van der Waals surface area (Å²) in [5, 5.41) is 0. The van der Waals surface area contributed by atoms with E-state index in [0.717, 1.165) is 17.3 Å². The third-order valence-corrected chi connectivity index (χ3v) is 3.41. The molecule has 0 amide bonds. The lowest BCUT2D eigenvalue weighted by Crippen LogP contribution is -2.31. The average Bonchev–Trinajstić information content (AvgIpc) is 2.63. The van der Waals surface area contributed by atoms with E-state index in [1.807, 2.05) is 12.1 Å². The Balaban J connectivity index is 1.85. The van der Waals surface area contributed by atoms with Crippen molar-refractivity contribution in [1.82, 2.24) is 0 Å². The van der Waals surface area contributed by atoms with E-state index < -0.39 is 0 Å². The van der Waals surface area contributed by atoms with Crippen molar-refractivity contribution in [3.8, 4) is 0 Å². The fourth-order valence-corrected chi connectivity index (χ4v) is 2.21. The first kappa shape index (κ1) is 11.1. The molecule has 0 aromatic heterocycles. The molecule has 1 saturated carbocycles. The number of rotatable bonds is 3. The second kappa shape index (κ2) is 5.10. The van der Waals surface area contributed by atoms with E-state index in [-0.39, 0.29) is 12.1 Å². The highest BCUT2D eigenvalue weighted by atomic mass is 79.9. The molecule has 1 aliphatic carbocycles. The summed E-state index contributed by atoms with van der Waals surface area (Å²) in [6.45, 7) is 0.672. The van der Waals surface area contributed by atoms with Gasteiger partial charge in [0.05, 0.1) is 12.7 Å². The summed E-state index contributed by atoms with van der Waals surface area (Å²) in [7, 11) is 0. The van der Waals surface area contributed by atoms with E-state index >= 15 is 0 Å². The molecule has 0 heterocycles. The van der Waals surface area contributed by atoms with E-state index in [0.29, 0.717) is 6.61 Å². The molecule has 1 aliphatic rings. The van der Waals surface area contributed by atoms with Crippen LogP contribution in [0.5, 0.6) is 0 Å². The Morgan fingerprint density at radius 2 is 2.00 bits per heavy atom. The van der Waals surface area contributed by atoms with Gasteiger partial charge in [-0.2, -0.15) is 0 Å². The molecule has 3 heteroatoms. The minimum absolute atomic E-state index is 0.237. The molecule has 2 atom stereocenters. The molecule has 2 nitrogen and oxygen atoms in total. The minimum Gasteiger partial charge on any atom is -0.372 e. The van der Waals surface area contributed by atoms with Crippen LogP contribution < -0.4 is 5.73 Å². The predicted molar refractivity (Wildman–Crippen MR) is 64.5 cm³/mol. The summed E-state index contributed by atoms with van der Waals surface area (Å²) in [5.74, 6) is 0. The molecule has 0 bridgehead atoms. The molecule has 0 saturated heterocycles. The monoisotopic (exact) mass is 269 g/mol. The summed E-state index contributed by atoms with van der Waals surface area (Å²) >= 11 is 3.41. The maximum Gasteiger partial charge on any atom is 0.0730 e. The van der Waals surface area contributed by atoms with Crippen LogP contribution in [0.25, 0.3) is 0 Å². The first-order valence-corrected chi connectivity index (χ1v) is 6.16. The molecule has 2 rings (SSSR count). The molecule has 2 N–H and O–H groups in total. The van der Waals surface area contributed by atoms with Crippen LogP contribution >= 0.6 is 15.9 Å². The maximum absolute atomic E-state index is 5.93. The number of ether oxygens (including phenoxy) is 1. The summed E-state index contributed by atoms with van der Waals surface area (Å²) in [6.07, 6.45) is 3.67. The second-order valence-corrected chi connectivity index (χ2v) is 4.99. The molecule has 1 aromatic carbocycles. The first-order chi connectivity index (χ1) is 7.25. The zero-order valence-electron chi connectivity index (χ0n) is 8.66. The topological polar surface area (TPSA) is 35.2 Å². The van der Waals surface area contributed by atoms with Crippen molar-refractivity contribution in [1.29, 1.82) is 0 Å². The van der Waals surface area contributed by atoms with Crippen LogP contribution in [0.15, 0.2) is 28.7 Å². The van der Waals surface area contributed by atoms with Crippen LogP contribution in [0.4, 0.5) is 0 Å². The number of benzene rings is 1. The van der Waals surface area contributed by atoms with Gasteiger partial charge < -0.3 is 10.5 Å². The lowest BCUT2D eigenvalue weighted by atomic mass is 10.2. The van der Waals surface area contributed by atoms with Crippen molar-refractivity contribution >= 4 is 15.9 Å². The number of nitrogens with two attached hydrogens (primary N) is 1. The number of hydrogen-bond acceptors (Lipinski definition) is 2. The second-order valence-electron chi connectivity index (χ2n) is 4.07. The van der Waals surface area contributed by atoms with Gasteiger partial charge >= 0.3 is 0 Å². The summed E-state index contributed by atoms with van der Waals surface area (Å²) in [5.41, 5.74) is 7.14. The van der Waals surface area contributed by atoms with Crippen LogP contribution in [0.3, 0.4) is 0 Å². The number of hydrogen-bond donors (Lipinski definition) is 1. The summed E-state index contributed by atoms with van der Waals surface area (Å²) in [6, 6.07) is 8.45. The zero-order chi connectivity index (χ0) is 10.7. The Bertz CT molecular complexity index is 312. The fraction of sp³-hybridized carbons (Fsp3) is 0.500. The van der Waals surface area contributed by atoms with Crippen molar-refractivity contribution in [2.45, 2.75) is 38.0 Å². The third kappa shape index (κ3) is 3.03. The van der Waals surface area contributed by atoms with Gasteiger partial charge in [0.1, 0.15) is 0 Å². The quantitative estimate of drug-likeness (QED) is 0.916. The summed E-state index contributed by atoms with van der Waals surface area (Å²) in [4.78, 5) is 0. The highest BCUT2D eigenvalue weighted by Gasteiger charge is 2.24. The molecular formula is C12H16BrNO. The minimum atomic E-state index is 0.237. The van der Waals surface area contributed by atoms with Crippen LogP contribution in [-0.4, -0.2) is 12.1 Å². The molecule has 0 spiro atoms. The normalized spacial score (nSPS) is 25.7. The fourth-order valence-electron chi connectivity index (χ4n) is 1.95. The van der Waals surface area contributed by atoms with Gasteiger partial charge in [-0.05, 0) is 37.0 Å². The van der Waals surface area contributed by atoms with Crippen molar-refractivity contribution in [3.05, 3.63) is 34.3 Å². The highest BCUT2D eigenvalue weighted by Crippen LogP contribution is 2.21. The van der Waals surface area contributed by atoms with Crippen molar-refractivity contribution in [2.75, 3.05) is 0 Å². The van der Waals surface area contributed by atoms with Gasteiger partial charge in [-0.15, -0.1) is 0 Å². The average molecular weight is 270 g/mol. The van der Waals surface area contributed by atoms with Gasteiger partial charge in [0.2, 0.25) is 0 Å². The van der Waals surface area contributed by atoms with Gasteiger partial charge in [0, 0.05) is 10.5 Å². The van der Waals surface area contributed by atoms with Crippen LogP contribution in [0, 0.1) is 0 Å². The lowest BCUT2D eigenvalue weighted by molar-refractivity contribution is 0.0357. The Labute approximate surface area is 98.9 Å². The highest BCUT2D eigenvalue weighted by molar-refractivity contribution is 9.10. The SMILES string of the molecule is N[C@H]1CCC[C@H]1OCc1ccc(Br)cc1. The molecule has 0 aliphatic heterocycles. The molecule has 15 heavy (non-hydrogen) atoms. The van der Waals surface area contributed by atoms with Crippen LogP contribution in [0.2, 0.25) is 0 Å². The molecule has 0 radical (unpaired) electrons. The van der Waals surface area contributed by atoms with Crippen LogP contribution in [-0.2, 0) is 11.3 Å². The van der Waals surface area contributed by atoms with Crippen molar-refractivity contribution < 1.29 is 4.74 Å². The van der Waals surface area contributed by atoms with Gasteiger partial charge in [0.25, 0.3) is 0 Å². The van der Waals surface area contributed by atoms with Crippen molar-refractivity contribution in [2.24, 2.45) is 5.73 Å². The van der Waals surface area contributed by atoms with E-state index in [1.54, 1.807) is 0 Å². The first-order valence-electron chi connectivity index (χ1n) is 5.37. The Morgan fingerprint density at radius 3 is 2.60 bits per heavy atom. The Morgan fingerprint density at radius 1 is 1.27 bits per heavy atom. The summed E-state index contributed by atoms with van der Waals surface area (Å²) < 4.78 is 6.90. The van der Waals surface area contributed by atoms with E-state index in [4.69, 9.17) is 10.5 Å². The largest absolute Gasteiger partial charge is 0.372 e. The molecule has 82 valence electrons. The van der Waals surface area contributed by atoms with Gasteiger partial charge in [-0.25, -0.2) is 0 Å². The van der Waals surface area contributed by atoms with Gasteiger partial charge in [-0.3, -0.25) is 0 Å². The standard InChI is InChI=1S/C12H16BrNO/c13-10-6-4-9(5-7-10)8-15-12-3-1-2-11(12)14/h4-7,11-12H,1-3,8,14H2/t11-,12+/m0/s1. The van der Waals surface area contributed by atoms with Gasteiger partial charge in [-0.1, -0.05) is 28.1 Å². The van der Waals surface area contributed by atoms with E-state index in [1.165, 1.54) is 12.0 Å². The lowest BCUT2D eigenvalue weighted by Gasteiger charge is -2.16.